The van der Waals surface area contributed by atoms with Crippen molar-refractivity contribution in [3.8, 4) is 0 Å². The number of hydrogen-bond acceptors (Lipinski definition) is 2. The molecule has 1 aromatic rings. The number of hydrogen-bond donors (Lipinski definition) is 0. The summed E-state index contributed by atoms with van der Waals surface area (Å²) in [6.07, 6.45) is 1.69. The highest BCUT2D eigenvalue weighted by Crippen LogP contribution is 2.27. The molecule has 1 rings (SSSR count). The molecular formula is C8H8ClNS. The van der Waals surface area contributed by atoms with E-state index in [0.717, 1.165) is 15.6 Å². The SMILES string of the molecule is C=Cc1nc(C)sc1C(=C)Cl. The van der Waals surface area contributed by atoms with Gasteiger partial charge in [0.25, 0.3) is 0 Å². The van der Waals surface area contributed by atoms with Crippen LogP contribution in [-0.2, 0) is 0 Å². The normalized spacial score (nSPS) is 9.64. The van der Waals surface area contributed by atoms with Gasteiger partial charge in [-0.25, -0.2) is 4.98 Å². The average Bonchev–Trinajstić information content (AvgIpc) is 2.30. The van der Waals surface area contributed by atoms with Gasteiger partial charge in [-0.05, 0) is 13.0 Å². The van der Waals surface area contributed by atoms with Crippen molar-refractivity contribution in [1.82, 2.24) is 4.98 Å². The van der Waals surface area contributed by atoms with Crippen molar-refractivity contribution < 1.29 is 0 Å². The van der Waals surface area contributed by atoms with E-state index in [1.165, 1.54) is 11.3 Å². The molecule has 11 heavy (non-hydrogen) atoms. The Morgan fingerprint density at radius 3 is 2.73 bits per heavy atom. The second-order valence-corrected chi connectivity index (χ2v) is 3.72. The number of halogens is 1. The Kier molecular flexibility index (Phi) is 2.47. The fraction of sp³-hybridized carbons (Fsp3) is 0.125. The molecule has 0 saturated heterocycles. The van der Waals surface area contributed by atoms with Crippen LogP contribution in [0.2, 0.25) is 0 Å². The average molecular weight is 186 g/mol. The topological polar surface area (TPSA) is 12.9 Å². The fourth-order valence-electron chi connectivity index (χ4n) is 0.776. The molecule has 0 saturated carbocycles. The largest absolute Gasteiger partial charge is 0.241 e. The van der Waals surface area contributed by atoms with Crippen molar-refractivity contribution in [3.05, 3.63) is 28.7 Å². The molecule has 0 amide bonds. The monoisotopic (exact) mass is 185 g/mol. The highest BCUT2D eigenvalue weighted by molar-refractivity contribution is 7.13. The van der Waals surface area contributed by atoms with Crippen LogP contribution in [0.5, 0.6) is 0 Å². The van der Waals surface area contributed by atoms with Gasteiger partial charge in [0, 0.05) is 0 Å². The van der Waals surface area contributed by atoms with Crippen LogP contribution in [0.4, 0.5) is 0 Å². The van der Waals surface area contributed by atoms with Gasteiger partial charge in [0.05, 0.1) is 20.6 Å². The van der Waals surface area contributed by atoms with Crippen molar-refractivity contribution in [2.45, 2.75) is 6.92 Å². The van der Waals surface area contributed by atoms with Crippen molar-refractivity contribution in [1.29, 1.82) is 0 Å². The number of aromatic nitrogens is 1. The van der Waals surface area contributed by atoms with E-state index in [2.05, 4.69) is 18.1 Å². The summed E-state index contributed by atoms with van der Waals surface area (Å²) in [4.78, 5) is 5.12. The molecule has 0 aliphatic heterocycles. The minimum atomic E-state index is 0.533. The summed E-state index contributed by atoms with van der Waals surface area (Å²) in [5, 5.41) is 1.52. The van der Waals surface area contributed by atoms with E-state index in [9.17, 15) is 0 Å². The first-order chi connectivity index (χ1) is 5.15. The first kappa shape index (κ1) is 8.50. The third-order valence-electron chi connectivity index (χ3n) is 1.20. The van der Waals surface area contributed by atoms with Crippen molar-refractivity contribution >= 4 is 34.0 Å². The Morgan fingerprint density at radius 2 is 2.36 bits per heavy atom. The van der Waals surface area contributed by atoms with Gasteiger partial charge >= 0.3 is 0 Å². The Labute approximate surface area is 75.0 Å². The zero-order chi connectivity index (χ0) is 8.43. The predicted octanol–water partition coefficient (Wildman–Crippen LogP) is 3.30. The van der Waals surface area contributed by atoms with Gasteiger partial charge < -0.3 is 0 Å². The molecule has 0 aromatic carbocycles. The summed E-state index contributed by atoms with van der Waals surface area (Å²) in [5.41, 5.74) is 0.826. The number of nitrogens with zero attached hydrogens (tertiary/aromatic N) is 1. The second kappa shape index (κ2) is 3.20. The second-order valence-electron chi connectivity index (χ2n) is 2.06. The molecule has 3 heteroatoms. The molecule has 0 aliphatic carbocycles. The fourth-order valence-corrected chi connectivity index (χ4v) is 1.77. The lowest BCUT2D eigenvalue weighted by atomic mass is 10.3. The summed E-state index contributed by atoms with van der Waals surface area (Å²) in [7, 11) is 0. The Bertz CT molecular complexity index is 301. The smallest absolute Gasteiger partial charge is 0.0908 e. The lowest BCUT2D eigenvalue weighted by molar-refractivity contribution is 1.27. The number of rotatable bonds is 2. The third kappa shape index (κ3) is 1.70. The molecule has 1 nitrogen and oxygen atoms in total. The van der Waals surface area contributed by atoms with Gasteiger partial charge in [-0.2, -0.15) is 0 Å². The van der Waals surface area contributed by atoms with Crippen LogP contribution >= 0.6 is 22.9 Å². The van der Waals surface area contributed by atoms with Gasteiger partial charge in [0.1, 0.15) is 0 Å². The quantitative estimate of drug-likeness (QED) is 0.689. The highest BCUT2D eigenvalue weighted by atomic mass is 35.5. The summed E-state index contributed by atoms with van der Waals surface area (Å²) in [6, 6.07) is 0. The van der Waals surface area contributed by atoms with E-state index < -0.39 is 0 Å². The first-order valence-corrected chi connectivity index (χ1v) is 4.29. The number of aryl methyl sites for hydroxylation is 1. The van der Waals surface area contributed by atoms with Crippen LogP contribution in [0.1, 0.15) is 15.6 Å². The molecule has 0 N–H and O–H groups in total. The molecule has 0 aliphatic rings. The molecule has 0 radical (unpaired) electrons. The summed E-state index contributed by atoms with van der Waals surface area (Å²) in [6.45, 7) is 9.20. The van der Waals surface area contributed by atoms with E-state index in [1.54, 1.807) is 6.08 Å². The lowest BCUT2D eigenvalue weighted by Crippen LogP contribution is -1.75. The maximum Gasteiger partial charge on any atom is 0.0908 e. The molecule has 58 valence electrons. The summed E-state index contributed by atoms with van der Waals surface area (Å²) in [5.74, 6) is 0. The summed E-state index contributed by atoms with van der Waals surface area (Å²) >= 11 is 7.26. The summed E-state index contributed by atoms with van der Waals surface area (Å²) < 4.78 is 0. The van der Waals surface area contributed by atoms with Crippen LogP contribution in [0.3, 0.4) is 0 Å². The first-order valence-electron chi connectivity index (χ1n) is 3.09. The molecule has 1 aromatic heterocycles. The van der Waals surface area contributed by atoms with E-state index >= 15 is 0 Å². The van der Waals surface area contributed by atoms with E-state index in [-0.39, 0.29) is 0 Å². The van der Waals surface area contributed by atoms with Gasteiger partial charge in [0.2, 0.25) is 0 Å². The molecule has 0 unspecified atom stereocenters. The van der Waals surface area contributed by atoms with Gasteiger partial charge in [-0.15, -0.1) is 11.3 Å². The predicted molar refractivity (Wildman–Crippen MR) is 51.8 cm³/mol. The zero-order valence-electron chi connectivity index (χ0n) is 6.22. The van der Waals surface area contributed by atoms with Crippen LogP contribution < -0.4 is 0 Å². The Hall–Kier alpha value is -0.600. The molecule has 0 fully saturated rings. The zero-order valence-corrected chi connectivity index (χ0v) is 7.80. The minimum Gasteiger partial charge on any atom is -0.241 e. The van der Waals surface area contributed by atoms with Crippen molar-refractivity contribution in [3.63, 3.8) is 0 Å². The van der Waals surface area contributed by atoms with Gasteiger partial charge in [-0.3, -0.25) is 0 Å². The lowest BCUT2D eigenvalue weighted by Gasteiger charge is -1.90. The molecule has 1 heterocycles. The Balaban J connectivity index is 3.22. The molecular weight excluding hydrogens is 178 g/mol. The standard InChI is InChI=1S/C8H8ClNS/c1-4-7-8(5(2)9)11-6(3)10-7/h4H,1-2H2,3H3. The molecule has 0 spiro atoms. The van der Waals surface area contributed by atoms with Crippen LogP contribution in [-0.4, -0.2) is 4.98 Å². The molecule has 0 atom stereocenters. The minimum absolute atomic E-state index is 0.533. The van der Waals surface area contributed by atoms with Crippen LogP contribution in [0, 0.1) is 6.92 Å². The maximum absolute atomic E-state index is 5.73. The van der Waals surface area contributed by atoms with E-state index in [4.69, 9.17) is 11.6 Å². The van der Waals surface area contributed by atoms with Crippen LogP contribution in [0.25, 0.3) is 11.1 Å². The van der Waals surface area contributed by atoms with Crippen LogP contribution in [0.15, 0.2) is 13.2 Å². The number of thiazole rings is 1. The van der Waals surface area contributed by atoms with E-state index in [1.807, 2.05) is 6.92 Å². The van der Waals surface area contributed by atoms with E-state index in [0.29, 0.717) is 5.03 Å². The van der Waals surface area contributed by atoms with Crippen molar-refractivity contribution in [2.75, 3.05) is 0 Å². The van der Waals surface area contributed by atoms with Gasteiger partial charge in [0.15, 0.2) is 0 Å². The maximum atomic E-state index is 5.73. The molecule has 0 bridgehead atoms. The van der Waals surface area contributed by atoms with Crippen molar-refractivity contribution in [2.24, 2.45) is 0 Å². The Morgan fingerprint density at radius 1 is 1.73 bits per heavy atom. The third-order valence-corrected chi connectivity index (χ3v) is 2.55. The highest BCUT2D eigenvalue weighted by Gasteiger charge is 2.06. The van der Waals surface area contributed by atoms with Gasteiger partial charge in [-0.1, -0.05) is 24.8 Å².